The van der Waals surface area contributed by atoms with Crippen molar-refractivity contribution in [3.05, 3.63) is 57.5 Å². The second kappa shape index (κ2) is 7.23. The van der Waals surface area contributed by atoms with Crippen molar-refractivity contribution >= 4 is 57.4 Å². The summed E-state index contributed by atoms with van der Waals surface area (Å²) in [6.07, 6.45) is -1.30. The van der Waals surface area contributed by atoms with Crippen molar-refractivity contribution in [3.63, 3.8) is 0 Å². The first-order valence-electron chi connectivity index (χ1n) is 7.55. The summed E-state index contributed by atoms with van der Waals surface area (Å²) in [4.78, 5) is -0.0211. The minimum atomic E-state index is -4.14. The molecule has 3 rings (SSSR count). The molecule has 2 aromatic rings. The fourth-order valence-corrected chi connectivity index (χ4v) is 7.91. The van der Waals surface area contributed by atoms with E-state index in [2.05, 4.69) is 31.9 Å². The summed E-state index contributed by atoms with van der Waals surface area (Å²) < 4.78 is 52.7. The number of aliphatic hydroxyl groups excluding tert-OH is 1. The highest BCUT2D eigenvalue weighted by atomic mass is 79.9. The highest BCUT2D eigenvalue weighted by molar-refractivity contribution is 9.11. The van der Waals surface area contributed by atoms with Crippen LogP contribution in [0.2, 0.25) is 0 Å². The molecule has 1 heterocycles. The van der Waals surface area contributed by atoms with E-state index >= 15 is 0 Å². The summed E-state index contributed by atoms with van der Waals surface area (Å²) in [5.41, 5.74) is 0.292. The largest absolute Gasteiger partial charge is 0.390 e. The lowest BCUT2D eigenvalue weighted by molar-refractivity contribution is 0.184. The summed E-state index contributed by atoms with van der Waals surface area (Å²) in [6, 6.07) is 11.8. The molecule has 2 atom stereocenters. The zero-order chi connectivity index (χ0) is 19.1. The summed E-state index contributed by atoms with van der Waals surface area (Å²) in [6.45, 7) is 0. The number of hydrogen-bond acceptors (Lipinski definition) is 5. The van der Waals surface area contributed by atoms with Crippen LogP contribution in [0.3, 0.4) is 0 Å². The number of benzene rings is 2. The van der Waals surface area contributed by atoms with Crippen LogP contribution in [0.25, 0.3) is 0 Å². The summed E-state index contributed by atoms with van der Waals surface area (Å²) in [5, 5.41) is 10.3. The van der Waals surface area contributed by atoms with Crippen molar-refractivity contribution in [3.8, 4) is 0 Å². The van der Waals surface area contributed by atoms with Crippen molar-refractivity contribution in [2.75, 3.05) is 15.8 Å². The van der Waals surface area contributed by atoms with Crippen molar-refractivity contribution in [1.82, 2.24) is 0 Å². The van der Waals surface area contributed by atoms with E-state index in [0.29, 0.717) is 14.6 Å². The number of anilines is 1. The first-order valence-corrected chi connectivity index (χ1v) is 12.4. The van der Waals surface area contributed by atoms with Gasteiger partial charge in [0.1, 0.15) is 4.90 Å². The van der Waals surface area contributed by atoms with Crippen LogP contribution in [0.4, 0.5) is 5.69 Å². The van der Waals surface area contributed by atoms with Gasteiger partial charge in [0, 0.05) is 8.95 Å². The lowest BCUT2D eigenvalue weighted by Crippen LogP contribution is -2.47. The molecule has 1 fully saturated rings. The molecule has 0 bridgehead atoms. The summed E-state index contributed by atoms with van der Waals surface area (Å²) >= 11 is 6.50. The molecule has 1 N–H and O–H groups in total. The van der Waals surface area contributed by atoms with Crippen LogP contribution in [0.15, 0.2) is 62.4 Å². The van der Waals surface area contributed by atoms with Gasteiger partial charge in [-0.25, -0.2) is 16.8 Å². The van der Waals surface area contributed by atoms with E-state index < -0.39 is 43.5 Å². The Morgan fingerprint density at radius 2 is 1.69 bits per heavy atom. The molecule has 10 heteroatoms. The third kappa shape index (κ3) is 3.84. The fraction of sp³-hybridized carbons (Fsp3) is 0.250. The minimum Gasteiger partial charge on any atom is -0.390 e. The topological polar surface area (TPSA) is 91.8 Å². The maximum atomic E-state index is 13.4. The predicted molar refractivity (Wildman–Crippen MR) is 106 cm³/mol. The smallest absolute Gasteiger partial charge is 0.265 e. The second-order valence-corrected chi connectivity index (χ2v) is 11.6. The van der Waals surface area contributed by atoms with Crippen molar-refractivity contribution in [2.24, 2.45) is 0 Å². The van der Waals surface area contributed by atoms with Gasteiger partial charge in [0.05, 0.1) is 29.3 Å². The number of sulfonamides is 1. The van der Waals surface area contributed by atoms with Gasteiger partial charge >= 0.3 is 0 Å². The zero-order valence-corrected chi connectivity index (χ0v) is 18.1. The van der Waals surface area contributed by atoms with Gasteiger partial charge in [-0.15, -0.1) is 0 Å². The normalized spacial score (nSPS) is 22.3. The van der Waals surface area contributed by atoms with Gasteiger partial charge in [-0.2, -0.15) is 0 Å². The van der Waals surface area contributed by atoms with Crippen LogP contribution < -0.4 is 4.31 Å². The average Bonchev–Trinajstić information content (AvgIpc) is 2.83. The van der Waals surface area contributed by atoms with Gasteiger partial charge in [-0.05, 0) is 46.3 Å². The maximum Gasteiger partial charge on any atom is 0.265 e. The van der Waals surface area contributed by atoms with Gasteiger partial charge in [0.25, 0.3) is 10.0 Å². The third-order valence-corrected chi connectivity index (χ3v) is 9.07. The fourth-order valence-electron chi connectivity index (χ4n) is 2.90. The maximum absolute atomic E-state index is 13.4. The molecule has 0 spiro atoms. The molecule has 1 aliphatic rings. The molecule has 0 aliphatic carbocycles. The summed E-state index contributed by atoms with van der Waals surface area (Å²) in [5.74, 6) is -0.899. The molecule has 0 unspecified atom stereocenters. The Morgan fingerprint density at radius 3 is 2.27 bits per heavy atom. The highest BCUT2D eigenvalue weighted by Crippen LogP contribution is 2.34. The molecule has 26 heavy (non-hydrogen) atoms. The van der Waals surface area contributed by atoms with E-state index in [4.69, 9.17) is 0 Å². The Balaban J connectivity index is 2.20. The van der Waals surface area contributed by atoms with E-state index in [-0.39, 0.29) is 4.90 Å². The number of aliphatic hydroxyl groups is 1. The SMILES string of the molecule is O=S1(=O)C[C@H](O)[C@@H](N(c2ccccc2)S(=O)(=O)c2cc(Br)ccc2Br)C1. The second-order valence-electron chi connectivity index (χ2n) is 5.92. The molecule has 140 valence electrons. The van der Waals surface area contributed by atoms with Crippen molar-refractivity contribution in [1.29, 1.82) is 0 Å². The first-order chi connectivity index (χ1) is 12.1. The Bertz CT molecular complexity index is 1030. The number of sulfone groups is 1. The number of rotatable bonds is 4. The van der Waals surface area contributed by atoms with Gasteiger partial charge in [0.15, 0.2) is 9.84 Å². The van der Waals surface area contributed by atoms with Crippen LogP contribution in [0.5, 0.6) is 0 Å². The number of nitrogens with zero attached hydrogens (tertiary/aromatic N) is 1. The Morgan fingerprint density at radius 1 is 1.04 bits per heavy atom. The molecule has 2 aromatic carbocycles. The molecule has 1 saturated heterocycles. The van der Waals surface area contributed by atoms with Gasteiger partial charge < -0.3 is 5.11 Å². The minimum absolute atomic E-state index is 0.0211. The van der Waals surface area contributed by atoms with Gasteiger partial charge in [0.2, 0.25) is 0 Å². The molecule has 0 aromatic heterocycles. The highest BCUT2D eigenvalue weighted by Gasteiger charge is 2.45. The number of para-hydroxylation sites is 1. The van der Waals surface area contributed by atoms with Gasteiger partial charge in [-0.3, -0.25) is 4.31 Å². The lowest BCUT2D eigenvalue weighted by Gasteiger charge is -2.31. The van der Waals surface area contributed by atoms with Crippen LogP contribution in [0, 0.1) is 0 Å². The van der Waals surface area contributed by atoms with E-state index in [1.165, 1.54) is 6.07 Å². The molecule has 0 radical (unpaired) electrons. The molecular weight excluding hydrogens is 510 g/mol. The monoisotopic (exact) mass is 523 g/mol. The Kier molecular flexibility index (Phi) is 5.51. The van der Waals surface area contributed by atoms with E-state index in [1.807, 2.05) is 0 Å². The molecule has 0 amide bonds. The van der Waals surface area contributed by atoms with Crippen LogP contribution in [-0.4, -0.2) is 45.6 Å². The number of hydrogen-bond donors (Lipinski definition) is 1. The first kappa shape index (κ1) is 19.8. The van der Waals surface area contributed by atoms with E-state index in [9.17, 15) is 21.9 Å². The van der Waals surface area contributed by atoms with Crippen molar-refractivity contribution < 1.29 is 21.9 Å². The summed E-state index contributed by atoms with van der Waals surface area (Å²) in [7, 11) is -7.68. The van der Waals surface area contributed by atoms with E-state index in [0.717, 1.165) is 4.31 Å². The van der Waals surface area contributed by atoms with E-state index in [1.54, 1.807) is 42.5 Å². The zero-order valence-electron chi connectivity index (χ0n) is 13.3. The molecule has 6 nitrogen and oxygen atoms in total. The van der Waals surface area contributed by atoms with Crippen molar-refractivity contribution in [2.45, 2.75) is 17.0 Å². The Hall–Kier alpha value is -0.940. The molecular formula is C16H15Br2NO5S2. The average molecular weight is 525 g/mol. The predicted octanol–water partition coefficient (Wildman–Crippen LogP) is 2.56. The Labute approximate surface area is 169 Å². The number of halogens is 2. The lowest BCUT2D eigenvalue weighted by atomic mass is 10.2. The standard InChI is InChI=1S/C16H15Br2NO5S2/c17-11-6-7-13(18)16(8-11)26(23,24)19(12-4-2-1-3-5-12)14-9-25(21,22)10-15(14)20/h1-8,14-15,20H,9-10H2/t14-,15-/m0/s1. The van der Waals surface area contributed by atoms with Crippen LogP contribution in [0.1, 0.15) is 0 Å². The molecule has 1 aliphatic heterocycles. The quantitative estimate of drug-likeness (QED) is 0.663. The molecule has 0 saturated carbocycles. The van der Waals surface area contributed by atoms with Crippen LogP contribution in [-0.2, 0) is 19.9 Å². The van der Waals surface area contributed by atoms with Crippen LogP contribution >= 0.6 is 31.9 Å². The van der Waals surface area contributed by atoms with Gasteiger partial charge in [-0.1, -0.05) is 34.1 Å². The third-order valence-electron chi connectivity index (χ3n) is 4.04.